The van der Waals surface area contributed by atoms with Crippen molar-refractivity contribution in [1.29, 1.82) is 0 Å². The Labute approximate surface area is 265 Å². The van der Waals surface area contributed by atoms with Gasteiger partial charge in [0.25, 0.3) is 0 Å². The van der Waals surface area contributed by atoms with Crippen LogP contribution >= 0.6 is 0 Å². The molecule has 0 unspecified atom stereocenters. The average molecular weight is 602 g/mol. The number of benzene rings is 4. The third kappa shape index (κ3) is 5.68. The lowest BCUT2D eigenvalue weighted by Gasteiger charge is -2.27. The summed E-state index contributed by atoms with van der Waals surface area (Å²) in [6.07, 6.45) is 6.49. The van der Waals surface area contributed by atoms with Crippen molar-refractivity contribution in [2.24, 2.45) is 0 Å². The minimum atomic E-state index is 0.762. The van der Waals surface area contributed by atoms with Crippen LogP contribution in [0, 0.1) is 0 Å². The number of rotatable bonds is 9. The van der Waals surface area contributed by atoms with Crippen molar-refractivity contribution in [3.05, 3.63) is 107 Å². The number of allylic oxidation sites excluding steroid dienone is 2. The first-order valence-electron chi connectivity index (χ1n) is 15.8. The number of nitrogens with zero attached hydrogens (tertiary/aromatic N) is 2. The van der Waals surface area contributed by atoms with Gasteiger partial charge in [0.05, 0.1) is 20.3 Å². The minimum Gasteiger partial charge on any atom is -0.497 e. The Morgan fingerprint density at radius 1 is 0.733 bits per heavy atom. The van der Waals surface area contributed by atoms with Crippen molar-refractivity contribution in [3.63, 3.8) is 0 Å². The summed E-state index contributed by atoms with van der Waals surface area (Å²) in [5.41, 5.74) is 7.25. The molecule has 3 aromatic carbocycles. The maximum Gasteiger partial charge on any atom is 0.203 e. The number of ether oxygens (including phenoxy) is 3. The van der Waals surface area contributed by atoms with E-state index in [0.29, 0.717) is 0 Å². The van der Waals surface area contributed by atoms with Gasteiger partial charge in [-0.3, -0.25) is 0 Å². The summed E-state index contributed by atoms with van der Waals surface area (Å²) in [4.78, 5) is 2.32. The van der Waals surface area contributed by atoms with E-state index in [9.17, 15) is 0 Å². The van der Waals surface area contributed by atoms with E-state index in [1.165, 1.54) is 0 Å². The van der Waals surface area contributed by atoms with Gasteiger partial charge in [-0.1, -0.05) is 18.2 Å². The lowest BCUT2D eigenvalue weighted by molar-refractivity contribution is 0.408. The Kier molecular flexibility index (Phi) is 8.65. The van der Waals surface area contributed by atoms with Gasteiger partial charge in [0.15, 0.2) is 0 Å². The summed E-state index contributed by atoms with van der Waals surface area (Å²) >= 11 is 0. The van der Waals surface area contributed by atoms with E-state index in [0.717, 1.165) is 105 Å². The Morgan fingerprint density at radius 2 is 1.40 bits per heavy atom. The van der Waals surface area contributed by atoms with Crippen LogP contribution in [-0.4, -0.2) is 40.4 Å². The van der Waals surface area contributed by atoms with E-state index in [2.05, 4.69) is 104 Å². The molecule has 230 valence electrons. The first-order chi connectivity index (χ1) is 22.0. The Morgan fingerprint density at radius 3 is 2.11 bits per heavy atom. The molecule has 1 aliphatic carbocycles. The number of anilines is 1. The van der Waals surface area contributed by atoms with Gasteiger partial charge < -0.3 is 23.5 Å². The summed E-state index contributed by atoms with van der Waals surface area (Å²) in [6.45, 7) is 12.4. The van der Waals surface area contributed by atoms with Crippen LogP contribution in [0.2, 0.25) is 0 Å². The predicted octanol–water partition coefficient (Wildman–Crippen LogP) is 8.46. The summed E-state index contributed by atoms with van der Waals surface area (Å²) < 4.78 is 26.4. The normalized spacial score (nSPS) is 13.2. The molecule has 0 aromatic heterocycles. The molecular formula is C39H41N2O4+. The maximum absolute atomic E-state index is 6.48. The van der Waals surface area contributed by atoms with Crippen molar-refractivity contribution in [2.75, 3.05) is 45.3 Å². The lowest BCUT2D eigenvalue weighted by atomic mass is 9.92. The topological polar surface area (TPSA) is 47.1 Å². The quantitative estimate of drug-likeness (QED) is 0.123. The van der Waals surface area contributed by atoms with Crippen LogP contribution < -0.4 is 29.0 Å². The summed E-state index contributed by atoms with van der Waals surface area (Å²) in [6, 6.07) is 25.0. The van der Waals surface area contributed by atoms with E-state index >= 15 is 0 Å². The van der Waals surface area contributed by atoms with E-state index in [-0.39, 0.29) is 0 Å². The first-order valence-corrected chi connectivity index (χ1v) is 15.8. The second-order valence-corrected chi connectivity index (χ2v) is 11.0. The number of methoxy groups -OCH3 is 2. The van der Waals surface area contributed by atoms with Gasteiger partial charge in [0, 0.05) is 65.1 Å². The van der Waals surface area contributed by atoms with Crippen LogP contribution in [0.4, 0.5) is 5.69 Å². The van der Waals surface area contributed by atoms with Crippen molar-refractivity contribution in [1.82, 2.24) is 4.58 Å². The van der Waals surface area contributed by atoms with Crippen LogP contribution in [0.25, 0.3) is 33.9 Å². The Bertz CT molecular complexity index is 1960. The Hall–Kier alpha value is -4.97. The second-order valence-electron chi connectivity index (χ2n) is 11.0. The van der Waals surface area contributed by atoms with E-state index in [4.69, 9.17) is 18.6 Å². The number of fused-ring (bicyclic) bond motifs is 4. The highest BCUT2D eigenvalue weighted by molar-refractivity contribution is 5.96. The zero-order valence-electron chi connectivity index (χ0n) is 27.0. The standard InChI is InChI=1S/C39H41N2O4/c1-7-40(8-2)26-14-18-32-30(34-20-16-28(42-5)24-38(34)44-36(32)22-26)12-11-13-31-33-19-15-27(41(9-3)10-4)23-37(33)45-39-25-29(43-6)17-21-35(31)39/h11-25H,7-10H2,1-6H3/q+1. The molecule has 6 heteroatoms. The van der Waals surface area contributed by atoms with Crippen molar-refractivity contribution in [2.45, 2.75) is 27.7 Å². The molecule has 6 rings (SSSR count). The molecule has 2 aliphatic heterocycles. The molecule has 2 heterocycles. The molecule has 0 saturated carbocycles. The molecule has 0 atom stereocenters. The zero-order valence-corrected chi connectivity index (χ0v) is 27.0. The summed E-state index contributed by atoms with van der Waals surface area (Å²) in [5.74, 6) is 3.98. The van der Waals surface area contributed by atoms with Crippen LogP contribution in [0.5, 0.6) is 23.0 Å². The van der Waals surface area contributed by atoms with E-state index < -0.39 is 0 Å². The molecule has 0 bridgehead atoms. The molecule has 3 aromatic rings. The van der Waals surface area contributed by atoms with Gasteiger partial charge in [-0.25, -0.2) is 4.58 Å². The second kappa shape index (κ2) is 12.9. The molecular weight excluding hydrogens is 560 g/mol. The predicted molar refractivity (Wildman–Crippen MR) is 185 cm³/mol. The van der Waals surface area contributed by atoms with Gasteiger partial charge >= 0.3 is 0 Å². The number of hydrogen-bond acceptors (Lipinski definition) is 5. The van der Waals surface area contributed by atoms with Crippen LogP contribution in [0.3, 0.4) is 0 Å². The molecule has 0 amide bonds. The summed E-state index contributed by atoms with van der Waals surface area (Å²) in [7, 11) is 3.36. The van der Waals surface area contributed by atoms with Crippen molar-refractivity contribution in [3.8, 4) is 34.3 Å². The first kappa shape index (κ1) is 30.1. The van der Waals surface area contributed by atoms with Crippen LogP contribution in [0.15, 0.2) is 89.4 Å². The van der Waals surface area contributed by atoms with Gasteiger partial charge in [0.2, 0.25) is 5.36 Å². The highest BCUT2D eigenvalue weighted by atomic mass is 16.5. The molecule has 0 radical (unpaired) electrons. The third-order valence-corrected chi connectivity index (χ3v) is 8.69. The molecule has 45 heavy (non-hydrogen) atoms. The molecule has 6 nitrogen and oxygen atoms in total. The van der Waals surface area contributed by atoms with Gasteiger partial charge in [0.1, 0.15) is 47.4 Å². The molecule has 0 saturated heterocycles. The minimum absolute atomic E-state index is 0.762. The van der Waals surface area contributed by atoms with E-state index in [1.54, 1.807) is 14.2 Å². The van der Waals surface area contributed by atoms with Gasteiger partial charge in [-0.2, -0.15) is 0 Å². The fourth-order valence-corrected chi connectivity index (χ4v) is 6.21. The van der Waals surface area contributed by atoms with Crippen LogP contribution in [-0.2, 0) is 0 Å². The largest absolute Gasteiger partial charge is 0.497 e. The van der Waals surface area contributed by atoms with Gasteiger partial charge in [-0.05, 0) is 81.3 Å². The molecule has 0 fully saturated rings. The fraction of sp³-hybridized carbons (Fsp3) is 0.256. The number of hydrogen-bond donors (Lipinski definition) is 0. The van der Waals surface area contributed by atoms with Crippen molar-refractivity contribution < 1.29 is 18.6 Å². The zero-order chi connectivity index (χ0) is 31.5. The van der Waals surface area contributed by atoms with Crippen LogP contribution in [0.1, 0.15) is 44.4 Å². The SMILES string of the molecule is CCN(CC)c1ccc2c(c1)Oc1cc(OC)ccc1/C2=C\C=C\c1c2ccc(=[N+](CC)CC)cc-2oc2cc(OC)ccc12. The molecule has 0 spiro atoms. The Balaban J connectivity index is 1.52. The highest BCUT2D eigenvalue weighted by Crippen LogP contribution is 2.46. The smallest absolute Gasteiger partial charge is 0.203 e. The highest BCUT2D eigenvalue weighted by Gasteiger charge is 2.23. The molecule has 3 aliphatic rings. The molecule has 0 N–H and O–H groups in total. The monoisotopic (exact) mass is 601 g/mol. The van der Waals surface area contributed by atoms with Crippen molar-refractivity contribution >= 4 is 28.3 Å². The third-order valence-electron chi connectivity index (χ3n) is 8.69. The average Bonchev–Trinajstić information content (AvgIpc) is 3.07. The maximum atomic E-state index is 6.48. The van der Waals surface area contributed by atoms with Gasteiger partial charge in [-0.15, -0.1) is 0 Å². The lowest BCUT2D eigenvalue weighted by Crippen LogP contribution is -2.29. The van der Waals surface area contributed by atoms with E-state index in [1.807, 2.05) is 24.3 Å². The fourth-order valence-electron chi connectivity index (χ4n) is 6.21. The summed E-state index contributed by atoms with van der Waals surface area (Å²) in [5, 5.41) is 2.17.